The second-order valence-corrected chi connectivity index (χ2v) is 11.5. The normalized spacial score (nSPS) is 11.2. The van der Waals surface area contributed by atoms with Crippen LogP contribution < -0.4 is 4.74 Å². The molecule has 0 amide bonds. The Balaban J connectivity index is 0.00000357. The van der Waals surface area contributed by atoms with Gasteiger partial charge in [0.15, 0.2) is 0 Å². The average molecular weight is 770 g/mol. The number of benzene rings is 4. The molecule has 4 aromatic carbocycles. The van der Waals surface area contributed by atoms with Crippen LogP contribution in [0.25, 0.3) is 44.4 Å². The van der Waals surface area contributed by atoms with Crippen LogP contribution in [0.1, 0.15) is 41.4 Å². The predicted octanol–water partition coefficient (Wildman–Crippen LogP) is 9.61. The first-order chi connectivity index (χ1) is 21.4. The molecule has 0 saturated carbocycles. The molecule has 0 atom stereocenters. The summed E-state index contributed by atoms with van der Waals surface area (Å²) in [6.07, 6.45) is 3.81. The third kappa shape index (κ3) is 5.73. The fraction of sp³-hybridized carbons (Fsp3) is 0.179. The maximum atomic E-state index is 6.55. The van der Waals surface area contributed by atoms with Crippen molar-refractivity contribution in [3.05, 3.63) is 131 Å². The van der Waals surface area contributed by atoms with E-state index in [9.17, 15) is 0 Å². The summed E-state index contributed by atoms with van der Waals surface area (Å²) < 4.78 is 10.7. The molecule has 0 aliphatic heterocycles. The van der Waals surface area contributed by atoms with Crippen molar-refractivity contribution in [3.8, 4) is 34.1 Å². The maximum Gasteiger partial charge on any atom is 2.00 e. The number of hydrogen-bond donors (Lipinski definition) is 0. The number of aromatic nitrogens is 4. The Morgan fingerprint density at radius 1 is 0.778 bits per heavy atom. The van der Waals surface area contributed by atoms with E-state index in [1.807, 2.05) is 29.1 Å². The summed E-state index contributed by atoms with van der Waals surface area (Å²) in [6, 6.07) is 36.5. The molecule has 0 aliphatic rings. The van der Waals surface area contributed by atoms with E-state index in [4.69, 9.17) is 14.8 Å². The van der Waals surface area contributed by atoms with Crippen LogP contribution in [0, 0.1) is 39.8 Å². The minimum Gasteiger partial charge on any atom is -0.509 e. The van der Waals surface area contributed by atoms with Crippen molar-refractivity contribution in [1.82, 2.24) is 19.3 Å². The van der Waals surface area contributed by atoms with Crippen molar-refractivity contribution < 1.29 is 25.8 Å². The van der Waals surface area contributed by atoms with Gasteiger partial charge in [0.05, 0.1) is 5.69 Å². The summed E-state index contributed by atoms with van der Waals surface area (Å²) in [5, 5.41) is 7.22. The van der Waals surface area contributed by atoms with Crippen LogP contribution in [0.15, 0.2) is 91.1 Å². The first-order valence-corrected chi connectivity index (χ1v) is 15.2. The van der Waals surface area contributed by atoms with Crippen molar-refractivity contribution in [3.63, 3.8) is 0 Å². The number of fused-ring (bicyclic) bond motifs is 3. The van der Waals surface area contributed by atoms with Gasteiger partial charge in [-0.2, -0.15) is 16.7 Å². The van der Waals surface area contributed by atoms with Crippen molar-refractivity contribution in [1.29, 1.82) is 0 Å². The molecule has 0 aliphatic carbocycles. The number of aryl methyl sites for hydroxylation is 4. The van der Waals surface area contributed by atoms with Gasteiger partial charge in [0.2, 0.25) is 0 Å². The fourth-order valence-electron chi connectivity index (χ4n) is 6.18. The third-order valence-corrected chi connectivity index (χ3v) is 8.17. The predicted molar refractivity (Wildman–Crippen MR) is 178 cm³/mol. The summed E-state index contributed by atoms with van der Waals surface area (Å²) in [5.74, 6) is 2.13. The Labute approximate surface area is 278 Å². The van der Waals surface area contributed by atoms with Crippen LogP contribution in [0.5, 0.6) is 11.5 Å². The van der Waals surface area contributed by atoms with Gasteiger partial charge in [0.1, 0.15) is 5.82 Å². The second-order valence-electron chi connectivity index (χ2n) is 11.5. The summed E-state index contributed by atoms with van der Waals surface area (Å²) >= 11 is 0. The van der Waals surface area contributed by atoms with E-state index in [2.05, 4.69) is 118 Å². The van der Waals surface area contributed by atoms with Gasteiger partial charge in [-0.25, -0.2) is 4.98 Å². The Bertz CT molecular complexity index is 2160. The molecule has 0 unspecified atom stereocenters. The van der Waals surface area contributed by atoms with Crippen molar-refractivity contribution in [2.24, 2.45) is 0 Å². The topological polar surface area (TPSA) is 44.9 Å². The minimum atomic E-state index is 0. The fourth-order valence-corrected chi connectivity index (χ4v) is 6.18. The van der Waals surface area contributed by atoms with Gasteiger partial charge >= 0.3 is 21.1 Å². The molecule has 7 rings (SSSR count). The summed E-state index contributed by atoms with van der Waals surface area (Å²) in [6.45, 7) is 10.6. The zero-order valence-corrected chi connectivity index (χ0v) is 28.4. The quantitative estimate of drug-likeness (QED) is 0.152. The molecule has 0 N–H and O–H groups in total. The third-order valence-electron chi connectivity index (χ3n) is 8.17. The first kappa shape index (κ1) is 30.6. The Morgan fingerprint density at radius 2 is 1.58 bits per heavy atom. The molecule has 3 heterocycles. The summed E-state index contributed by atoms with van der Waals surface area (Å²) in [4.78, 5) is 4.72. The van der Waals surface area contributed by atoms with Gasteiger partial charge in [-0.05, 0) is 68.1 Å². The monoisotopic (exact) mass is 769 g/mol. The average Bonchev–Trinajstić information content (AvgIpc) is 3.49. The molecular weight excluding hydrogens is 736 g/mol. The molecule has 226 valence electrons. The smallest absolute Gasteiger partial charge is 0.509 e. The summed E-state index contributed by atoms with van der Waals surface area (Å²) in [5.41, 5.74) is 10.8. The van der Waals surface area contributed by atoms with E-state index in [-0.39, 0.29) is 21.1 Å². The Morgan fingerprint density at radius 3 is 2.36 bits per heavy atom. The van der Waals surface area contributed by atoms with Gasteiger partial charge in [-0.1, -0.05) is 73.3 Å². The van der Waals surface area contributed by atoms with Gasteiger partial charge in [-0.15, -0.1) is 35.7 Å². The van der Waals surface area contributed by atoms with E-state index in [0.29, 0.717) is 11.5 Å². The van der Waals surface area contributed by atoms with E-state index in [0.717, 1.165) is 68.8 Å². The Hall–Kier alpha value is -4.47. The zero-order valence-electron chi connectivity index (χ0n) is 26.1. The molecule has 7 aromatic rings. The van der Waals surface area contributed by atoms with E-state index in [1.54, 1.807) is 0 Å². The largest absolute Gasteiger partial charge is 2.00 e. The van der Waals surface area contributed by atoms with Crippen LogP contribution in [-0.4, -0.2) is 19.3 Å². The van der Waals surface area contributed by atoms with Crippen molar-refractivity contribution in [2.45, 2.75) is 47.5 Å². The maximum absolute atomic E-state index is 6.55. The van der Waals surface area contributed by atoms with E-state index < -0.39 is 0 Å². The van der Waals surface area contributed by atoms with E-state index >= 15 is 0 Å². The summed E-state index contributed by atoms with van der Waals surface area (Å²) in [7, 11) is 0. The number of ether oxygens (including phenoxy) is 1. The number of hydrogen-bond acceptors (Lipinski definition) is 3. The van der Waals surface area contributed by atoms with Crippen molar-refractivity contribution in [2.75, 3.05) is 0 Å². The number of rotatable bonds is 7. The Kier molecular flexibility index (Phi) is 8.48. The van der Waals surface area contributed by atoms with Gasteiger partial charge in [0, 0.05) is 34.5 Å². The van der Waals surface area contributed by atoms with Gasteiger partial charge in [0.25, 0.3) is 0 Å². The second kappa shape index (κ2) is 12.5. The zero-order chi connectivity index (χ0) is 30.4. The van der Waals surface area contributed by atoms with Crippen LogP contribution in [-0.2, 0) is 27.5 Å². The molecule has 6 heteroatoms. The van der Waals surface area contributed by atoms with Crippen LogP contribution in [0.2, 0.25) is 0 Å². The molecule has 5 nitrogen and oxygen atoms in total. The molecule has 45 heavy (non-hydrogen) atoms. The van der Waals surface area contributed by atoms with Gasteiger partial charge in [-0.3, -0.25) is 4.68 Å². The van der Waals surface area contributed by atoms with Crippen LogP contribution >= 0.6 is 0 Å². The standard InChI is InChI=1S/C39H34N4O.Pt/c1-6-10-29-21-31(43-28(5)39(27(4)41-43)30-11-8-7-9-12-30)23-33(22-29)44-32-14-15-34-35-19-25(2)13-16-36(35)42(37(34)24-32)38-20-26(3)17-18-40-38;/h7-9,11-22H,6,10H2,1-5H3;/q-2;+2. The number of nitrogens with zero attached hydrogens (tertiary/aromatic N) is 4. The molecule has 0 radical (unpaired) electrons. The molecule has 0 fully saturated rings. The van der Waals surface area contributed by atoms with Crippen molar-refractivity contribution >= 4 is 21.8 Å². The number of pyridine rings is 1. The van der Waals surface area contributed by atoms with Crippen LogP contribution in [0.4, 0.5) is 0 Å². The molecular formula is C39H34N4OPt. The first-order valence-electron chi connectivity index (χ1n) is 15.2. The minimum absolute atomic E-state index is 0. The van der Waals surface area contributed by atoms with Crippen LogP contribution in [0.3, 0.4) is 0 Å². The molecule has 0 saturated heterocycles. The SMILES string of the molecule is CCCc1cc(Oc2[c-]c3c(cc2)c2cc(C)ccc2n3-c2cc(C)ccn2)[c-]c(-n2nc(C)c(-c3ccccc3)c2C)c1.[Pt+2]. The molecule has 3 aromatic heterocycles. The van der Waals surface area contributed by atoms with Gasteiger partial charge < -0.3 is 9.30 Å². The molecule has 0 spiro atoms. The van der Waals surface area contributed by atoms with E-state index in [1.165, 1.54) is 16.5 Å². The molecule has 0 bridgehead atoms.